The van der Waals surface area contributed by atoms with Crippen LogP contribution in [-0.4, -0.2) is 13.7 Å². The molecule has 13 aromatic carbocycles. The quantitative estimate of drug-likeness (QED) is 0.133. The van der Waals surface area contributed by atoms with Crippen molar-refractivity contribution in [2.45, 2.75) is 13.1 Å². The van der Waals surface area contributed by atoms with Gasteiger partial charge in [-0.3, -0.25) is 0 Å². The summed E-state index contributed by atoms with van der Waals surface area (Å²) in [5.41, 5.74) is 19.9. The van der Waals surface area contributed by atoms with Crippen LogP contribution in [0.25, 0.3) is 154 Å². The molecule has 0 N–H and O–H groups in total. The van der Waals surface area contributed by atoms with E-state index < -0.39 is 11.7 Å². The molecule has 0 aliphatic heterocycles. The van der Waals surface area contributed by atoms with Crippen LogP contribution in [0.5, 0.6) is 0 Å². The van der Waals surface area contributed by atoms with E-state index in [2.05, 4.69) is 208 Å². The zero-order chi connectivity index (χ0) is 60.8. The Kier molecular flexibility index (Phi) is 12.6. The minimum atomic E-state index is -4.51. The Bertz CT molecular complexity index is 5200. The number of hydrogen-bond acceptors (Lipinski definition) is 1. The van der Waals surface area contributed by atoms with Crippen molar-refractivity contribution in [2.24, 2.45) is 0 Å². The van der Waals surface area contributed by atoms with Crippen LogP contribution in [0.3, 0.4) is 0 Å². The third-order valence-electron chi connectivity index (χ3n) is 17.8. The fourth-order valence-electron chi connectivity index (χ4n) is 13.6. The second-order valence-electron chi connectivity index (χ2n) is 23.0. The summed E-state index contributed by atoms with van der Waals surface area (Å²) in [7, 11) is 0. The number of aryl methyl sites for hydroxylation is 1. The van der Waals surface area contributed by atoms with Crippen LogP contribution in [0, 0.1) is 24.8 Å². The number of alkyl halides is 3. The van der Waals surface area contributed by atoms with Gasteiger partial charge in [0.1, 0.15) is 0 Å². The number of rotatable bonds is 9. The van der Waals surface area contributed by atoms with Crippen LogP contribution in [0.15, 0.2) is 285 Å². The molecule has 5 nitrogen and oxygen atoms in total. The van der Waals surface area contributed by atoms with Crippen molar-refractivity contribution >= 4 is 71.1 Å². The zero-order valence-corrected chi connectivity index (χ0v) is 48.5. The molecule has 0 saturated carbocycles. The monoisotopic (exact) mass is 1160 g/mol. The van der Waals surface area contributed by atoms with Crippen molar-refractivity contribution < 1.29 is 13.2 Å². The van der Waals surface area contributed by atoms with Gasteiger partial charge < -0.3 is 13.7 Å². The summed E-state index contributed by atoms with van der Waals surface area (Å²) in [6.07, 6.45) is -4.51. The Hall–Kier alpha value is -12.0. The fraction of sp³-hybridized carbons (Fsp3) is 0.0244. The number of nitrogens with zero attached hydrogens (tertiary/aromatic N) is 5. The molecular formula is C82H50F3N5. The minimum Gasteiger partial charge on any atom is -0.309 e. The molecule has 0 fully saturated rings. The first-order chi connectivity index (χ1) is 44.1. The summed E-state index contributed by atoms with van der Waals surface area (Å²) in [6, 6.07) is 98.7. The van der Waals surface area contributed by atoms with E-state index in [-0.39, 0.29) is 5.69 Å². The SMILES string of the molecule is [C-]#[N+]c1cc(-c2c(-n3c4ccc(-c5ccccc5)cc4c4cc(-c5ccccc5)ccc43)cccc2-n2c3ccc(-c4ccccc4)cc3c3cc(-c4ccccc4)ccc32)cc(C#N)c1-c1ccc(-n2c3ccc(C)cc3c3cc(C(F)(F)F)ccc32)cc1. The van der Waals surface area contributed by atoms with Crippen LogP contribution in [0.2, 0.25) is 0 Å². The standard InChI is InChI=1S/C82H50F3N5/c1-51-26-36-72-65(42-51)70-49-63(82(83,84)85)33-41-73(70)88(72)64-34-27-56(28-35-64)80-62(50-86)43-61(48-71(80)87-2)81-78(89-74-37-29-57(52-16-7-3-8-17-52)44-66(74)67-45-58(30-38-75(67)89)53-18-9-4-10-19-53)24-15-25-79(81)90-76-39-31-59(54-20-11-5-12-21-54)46-68(76)69-47-60(32-40-77(69)90)55-22-13-6-14-23-55/h3-49H,1H3. The van der Waals surface area contributed by atoms with Gasteiger partial charge in [0.2, 0.25) is 0 Å². The predicted octanol–water partition coefficient (Wildman–Crippen LogP) is 22.7. The average Bonchev–Trinajstić information content (AvgIpc) is 1.59. The molecule has 3 aromatic heterocycles. The normalized spacial score (nSPS) is 11.8. The molecule has 0 aliphatic rings. The van der Waals surface area contributed by atoms with Crippen molar-refractivity contribution in [3.8, 4) is 89.9 Å². The highest BCUT2D eigenvalue weighted by Crippen LogP contribution is 2.48. The van der Waals surface area contributed by atoms with Crippen molar-refractivity contribution in [2.75, 3.05) is 0 Å². The minimum absolute atomic E-state index is 0.286. The summed E-state index contributed by atoms with van der Waals surface area (Å²) in [4.78, 5) is 4.26. The van der Waals surface area contributed by atoms with Gasteiger partial charge in [0, 0.05) is 54.7 Å². The summed E-state index contributed by atoms with van der Waals surface area (Å²) in [5, 5.41) is 17.0. The molecule has 90 heavy (non-hydrogen) atoms. The van der Waals surface area contributed by atoms with E-state index in [0.717, 1.165) is 128 Å². The molecule has 16 rings (SSSR count). The Balaban J connectivity index is 0.950. The van der Waals surface area contributed by atoms with Gasteiger partial charge >= 0.3 is 6.18 Å². The maximum atomic E-state index is 14.2. The molecule has 0 saturated heterocycles. The van der Waals surface area contributed by atoms with Gasteiger partial charge in [0.05, 0.1) is 62.7 Å². The van der Waals surface area contributed by atoms with Crippen LogP contribution in [0.1, 0.15) is 16.7 Å². The van der Waals surface area contributed by atoms with E-state index in [1.54, 1.807) is 0 Å². The van der Waals surface area contributed by atoms with E-state index in [1.807, 2.05) is 90.4 Å². The molecule has 8 heteroatoms. The maximum Gasteiger partial charge on any atom is 0.416 e. The lowest BCUT2D eigenvalue weighted by molar-refractivity contribution is -0.137. The molecule has 424 valence electrons. The van der Waals surface area contributed by atoms with E-state index in [1.165, 1.54) is 12.1 Å². The Morgan fingerprint density at radius 3 is 1.13 bits per heavy atom. The Morgan fingerprint density at radius 2 is 0.722 bits per heavy atom. The highest BCUT2D eigenvalue weighted by atomic mass is 19.4. The highest BCUT2D eigenvalue weighted by molar-refractivity contribution is 6.15. The molecule has 0 amide bonds. The average molecular weight is 1160 g/mol. The van der Waals surface area contributed by atoms with E-state index in [9.17, 15) is 18.4 Å². The summed E-state index contributed by atoms with van der Waals surface area (Å²) in [5.74, 6) is 0. The van der Waals surface area contributed by atoms with Crippen LogP contribution < -0.4 is 0 Å². The first-order valence-electron chi connectivity index (χ1n) is 29.8. The molecule has 0 radical (unpaired) electrons. The second kappa shape index (κ2) is 21.2. The number of aromatic nitrogens is 3. The number of benzene rings is 13. The first kappa shape index (κ1) is 53.5. The van der Waals surface area contributed by atoms with Gasteiger partial charge in [-0.05, 0) is 178 Å². The van der Waals surface area contributed by atoms with Crippen molar-refractivity contribution in [3.05, 3.63) is 313 Å². The summed E-state index contributed by atoms with van der Waals surface area (Å²) in [6.45, 7) is 10.9. The molecule has 0 unspecified atom stereocenters. The highest BCUT2D eigenvalue weighted by Gasteiger charge is 2.32. The molecule has 16 aromatic rings. The third-order valence-corrected chi connectivity index (χ3v) is 17.8. The van der Waals surface area contributed by atoms with Gasteiger partial charge in [0.15, 0.2) is 5.69 Å². The summed E-state index contributed by atoms with van der Waals surface area (Å²) < 4.78 is 49.1. The molecule has 0 aliphatic carbocycles. The largest absolute Gasteiger partial charge is 0.416 e. The zero-order valence-electron chi connectivity index (χ0n) is 48.5. The number of fused-ring (bicyclic) bond motifs is 9. The predicted molar refractivity (Wildman–Crippen MR) is 363 cm³/mol. The molecule has 3 heterocycles. The smallest absolute Gasteiger partial charge is 0.309 e. The molecule has 0 atom stereocenters. The number of halogens is 3. The molecular weight excluding hydrogens is 1110 g/mol. The first-order valence-corrected chi connectivity index (χ1v) is 29.8. The van der Waals surface area contributed by atoms with E-state index in [4.69, 9.17) is 6.57 Å². The lowest BCUT2D eigenvalue weighted by Crippen LogP contribution is -2.04. The van der Waals surface area contributed by atoms with Gasteiger partial charge in [-0.1, -0.05) is 175 Å². The Labute approximate surface area is 516 Å². The third kappa shape index (κ3) is 8.84. The maximum absolute atomic E-state index is 14.2. The lowest BCUT2D eigenvalue weighted by atomic mass is 9.92. The summed E-state index contributed by atoms with van der Waals surface area (Å²) >= 11 is 0. The fourth-order valence-corrected chi connectivity index (χ4v) is 13.6. The van der Waals surface area contributed by atoms with Crippen molar-refractivity contribution in [3.63, 3.8) is 0 Å². The van der Waals surface area contributed by atoms with Crippen molar-refractivity contribution in [1.29, 1.82) is 5.26 Å². The van der Waals surface area contributed by atoms with E-state index in [0.29, 0.717) is 38.5 Å². The second-order valence-corrected chi connectivity index (χ2v) is 23.0. The van der Waals surface area contributed by atoms with Gasteiger partial charge in [-0.2, -0.15) is 18.4 Å². The van der Waals surface area contributed by atoms with Gasteiger partial charge in [-0.25, -0.2) is 4.85 Å². The number of hydrogen-bond donors (Lipinski definition) is 0. The van der Waals surface area contributed by atoms with Crippen LogP contribution in [-0.2, 0) is 6.18 Å². The van der Waals surface area contributed by atoms with Crippen LogP contribution >= 0.6 is 0 Å². The van der Waals surface area contributed by atoms with Gasteiger partial charge in [-0.15, -0.1) is 0 Å². The van der Waals surface area contributed by atoms with Gasteiger partial charge in [0.25, 0.3) is 0 Å². The molecule has 0 spiro atoms. The van der Waals surface area contributed by atoms with Crippen molar-refractivity contribution in [1.82, 2.24) is 13.7 Å². The topological polar surface area (TPSA) is 42.9 Å². The lowest BCUT2D eigenvalue weighted by Gasteiger charge is -2.21. The Morgan fingerprint density at radius 1 is 0.344 bits per heavy atom. The molecule has 0 bridgehead atoms. The van der Waals surface area contributed by atoms with E-state index >= 15 is 0 Å². The number of nitriles is 1. The van der Waals surface area contributed by atoms with Crippen LogP contribution in [0.4, 0.5) is 18.9 Å².